The summed E-state index contributed by atoms with van der Waals surface area (Å²) < 4.78 is 1.03. The number of carbonyl (C=O) groups excluding carboxylic acids is 2. The Labute approximate surface area is 219 Å². The van der Waals surface area contributed by atoms with Crippen LogP contribution in [0.3, 0.4) is 0 Å². The molecule has 2 aliphatic rings. The number of aromatic nitrogens is 2. The van der Waals surface area contributed by atoms with Gasteiger partial charge in [-0.2, -0.15) is 0 Å². The van der Waals surface area contributed by atoms with E-state index in [1.54, 1.807) is 34.9 Å². The van der Waals surface area contributed by atoms with Gasteiger partial charge in [-0.3, -0.25) is 9.59 Å². The molecule has 8 nitrogen and oxygen atoms in total. The van der Waals surface area contributed by atoms with Crippen LogP contribution in [0.2, 0.25) is 0 Å². The molecule has 1 aromatic carbocycles. The number of hydrogen-bond donors (Lipinski definition) is 1. The summed E-state index contributed by atoms with van der Waals surface area (Å²) in [7, 11) is 0. The molecule has 2 fully saturated rings. The molecule has 2 amide bonds. The number of thiazole rings is 1. The Bertz CT molecular complexity index is 1220. The lowest BCUT2D eigenvalue weighted by Gasteiger charge is -2.34. The minimum Gasteiger partial charge on any atom is -0.357 e. The number of piperidine rings is 1. The molecule has 3 aromatic rings. The minimum atomic E-state index is 0.00646. The zero-order valence-electron chi connectivity index (χ0n) is 20.4. The van der Waals surface area contributed by atoms with Crippen LogP contribution in [0, 0.1) is 0 Å². The van der Waals surface area contributed by atoms with Crippen molar-refractivity contribution in [2.75, 3.05) is 49.5 Å². The molecule has 36 heavy (non-hydrogen) atoms. The van der Waals surface area contributed by atoms with Crippen molar-refractivity contribution in [1.82, 2.24) is 19.8 Å². The summed E-state index contributed by atoms with van der Waals surface area (Å²) in [6.45, 7) is 5.99. The second-order valence-corrected chi connectivity index (χ2v) is 11.4. The molecule has 10 heteroatoms. The van der Waals surface area contributed by atoms with Crippen molar-refractivity contribution in [1.29, 1.82) is 0 Å². The van der Waals surface area contributed by atoms with E-state index in [0.717, 1.165) is 39.0 Å². The highest BCUT2D eigenvalue weighted by molar-refractivity contribution is 8.01. The zero-order valence-corrected chi connectivity index (χ0v) is 22.0. The Morgan fingerprint density at radius 1 is 0.944 bits per heavy atom. The Kier molecular flexibility index (Phi) is 7.72. The second kappa shape index (κ2) is 11.3. The van der Waals surface area contributed by atoms with Gasteiger partial charge in [0.15, 0.2) is 5.13 Å². The summed E-state index contributed by atoms with van der Waals surface area (Å²) in [4.78, 5) is 40.8. The highest BCUT2D eigenvalue weighted by Crippen LogP contribution is 2.35. The fraction of sp³-hybridized carbons (Fsp3) is 0.385. The molecule has 4 heterocycles. The zero-order chi connectivity index (χ0) is 24.9. The monoisotopic (exact) mass is 522 g/mol. The highest BCUT2D eigenvalue weighted by Gasteiger charge is 2.23. The van der Waals surface area contributed by atoms with Crippen LogP contribution in [0.25, 0.3) is 0 Å². The molecule has 1 N–H and O–H groups in total. The van der Waals surface area contributed by atoms with E-state index in [1.165, 1.54) is 19.3 Å². The van der Waals surface area contributed by atoms with Crippen LogP contribution in [-0.2, 0) is 4.79 Å². The summed E-state index contributed by atoms with van der Waals surface area (Å²) in [5, 5.41) is 4.13. The number of amides is 2. The molecular weight excluding hydrogens is 492 g/mol. The standard InChI is InChI=1S/C26H30N6O2S2/c1-19(33)30-13-15-32(16-14-30)25(34)20-7-5-8-21(17-20)35-24-18-27-26(36-24)29-22-9-6-10-23(28-22)31-11-3-2-4-12-31/h5-10,17-18H,2-4,11-16H2,1H3,(H,27,28,29). The van der Waals surface area contributed by atoms with E-state index in [4.69, 9.17) is 4.98 Å². The summed E-state index contributed by atoms with van der Waals surface area (Å²) in [6, 6.07) is 13.8. The number of nitrogens with one attached hydrogen (secondary N) is 1. The molecule has 0 unspecified atom stereocenters. The van der Waals surface area contributed by atoms with Crippen molar-refractivity contribution in [2.45, 2.75) is 35.3 Å². The van der Waals surface area contributed by atoms with Gasteiger partial charge in [0.2, 0.25) is 5.91 Å². The second-order valence-electron chi connectivity index (χ2n) is 8.97. The first kappa shape index (κ1) is 24.6. The fourth-order valence-electron chi connectivity index (χ4n) is 4.48. The topological polar surface area (TPSA) is 81.7 Å². The molecule has 5 rings (SSSR count). The van der Waals surface area contributed by atoms with Crippen LogP contribution in [0.4, 0.5) is 16.8 Å². The van der Waals surface area contributed by atoms with E-state index in [-0.39, 0.29) is 11.8 Å². The predicted molar refractivity (Wildman–Crippen MR) is 144 cm³/mol. The molecule has 0 radical (unpaired) electrons. The summed E-state index contributed by atoms with van der Waals surface area (Å²) >= 11 is 3.15. The van der Waals surface area contributed by atoms with Gasteiger partial charge in [-0.1, -0.05) is 35.2 Å². The van der Waals surface area contributed by atoms with Crippen LogP contribution in [0.15, 0.2) is 57.8 Å². The average molecular weight is 523 g/mol. The lowest BCUT2D eigenvalue weighted by atomic mass is 10.1. The average Bonchev–Trinajstić information content (AvgIpc) is 3.35. The van der Waals surface area contributed by atoms with Crippen molar-refractivity contribution in [3.8, 4) is 0 Å². The third-order valence-electron chi connectivity index (χ3n) is 6.45. The molecule has 0 spiro atoms. The molecule has 188 valence electrons. The number of rotatable bonds is 6. The number of hydrogen-bond acceptors (Lipinski definition) is 8. The molecule has 2 aromatic heterocycles. The maximum absolute atomic E-state index is 13.0. The molecule has 0 atom stereocenters. The van der Waals surface area contributed by atoms with Crippen LogP contribution < -0.4 is 10.2 Å². The lowest BCUT2D eigenvalue weighted by Crippen LogP contribution is -2.50. The quantitative estimate of drug-likeness (QED) is 0.501. The fourth-order valence-corrected chi connectivity index (χ4v) is 6.40. The van der Waals surface area contributed by atoms with E-state index < -0.39 is 0 Å². The number of piperazine rings is 1. The Morgan fingerprint density at radius 3 is 2.47 bits per heavy atom. The third kappa shape index (κ3) is 5.99. The molecular formula is C26H30N6O2S2. The Hall–Kier alpha value is -3.11. The maximum atomic E-state index is 13.0. The highest BCUT2D eigenvalue weighted by atomic mass is 32.2. The lowest BCUT2D eigenvalue weighted by molar-refractivity contribution is -0.130. The summed E-state index contributed by atoms with van der Waals surface area (Å²) in [5.74, 6) is 1.87. The van der Waals surface area contributed by atoms with Crippen LogP contribution >= 0.6 is 23.1 Å². The smallest absolute Gasteiger partial charge is 0.254 e. The molecule has 2 aliphatic heterocycles. The van der Waals surface area contributed by atoms with Crippen molar-refractivity contribution >= 4 is 51.7 Å². The largest absolute Gasteiger partial charge is 0.357 e. The minimum absolute atomic E-state index is 0.00646. The van der Waals surface area contributed by atoms with Gasteiger partial charge in [0.1, 0.15) is 11.6 Å². The maximum Gasteiger partial charge on any atom is 0.254 e. The first-order valence-corrected chi connectivity index (χ1v) is 14.0. The van der Waals surface area contributed by atoms with Gasteiger partial charge in [0, 0.05) is 56.7 Å². The van der Waals surface area contributed by atoms with Crippen molar-refractivity contribution in [3.63, 3.8) is 0 Å². The molecule has 0 bridgehead atoms. The van der Waals surface area contributed by atoms with Crippen molar-refractivity contribution in [3.05, 3.63) is 54.2 Å². The number of nitrogens with zero attached hydrogens (tertiary/aromatic N) is 5. The number of anilines is 3. The Morgan fingerprint density at radius 2 is 1.69 bits per heavy atom. The van der Waals surface area contributed by atoms with Gasteiger partial charge in [-0.05, 0) is 49.6 Å². The van der Waals surface area contributed by atoms with E-state index in [2.05, 4.69) is 21.3 Å². The van der Waals surface area contributed by atoms with E-state index in [0.29, 0.717) is 31.7 Å². The van der Waals surface area contributed by atoms with Crippen molar-refractivity contribution < 1.29 is 9.59 Å². The Balaban J connectivity index is 1.20. The first-order valence-electron chi connectivity index (χ1n) is 12.3. The molecule has 0 aliphatic carbocycles. The normalized spacial score (nSPS) is 16.2. The van der Waals surface area contributed by atoms with Gasteiger partial charge in [-0.15, -0.1) is 0 Å². The van der Waals surface area contributed by atoms with Gasteiger partial charge >= 0.3 is 0 Å². The number of benzene rings is 1. The van der Waals surface area contributed by atoms with Crippen LogP contribution in [0.5, 0.6) is 0 Å². The van der Waals surface area contributed by atoms with E-state index in [9.17, 15) is 9.59 Å². The van der Waals surface area contributed by atoms with Crippen molar-refractivity contribution in [2.24, 2.45) is 0 Å². The number of pyridine rings is 1. The van der Waals surface area contributed by atoms with Gasteiger partial charge in [-0.25, -0.2) is 9.97 Å². The van der Waals surface area contributed by atoms with Gasteiger partial charge in [0.25, 0.3) is 5.91 Å². The first-order chi connectivity index (χ1) is 17.5. The SMILES string of the molecule is CC(=O)N1CCN(C(=O)c2cccc(Sc3cnc(Nc4cccc(N5CCCCC5)n4)s3)c2)CC1. The predicted octanol–water partition coefficient (Wildman–Crippen LogP) is 4.73. The van der Waals surface area contributed by atoms with E-state index >= 15 is 0 Å². The van der Waals surface area contributed by atoms with Crippen LogP contribution in [-0.4, -0.2) is 70.9 Å². The summed E-state index contributed by atoms with van der Waals surface area (Å²) in [6.07, 6.45) is 5.58. The van der Waals surface area contributed by atoms with Gasteiger partial charge < -0.3 is 20.0 Å². The molecule has 0 saturated carbocycles. The molecule has 2 saturated heterocycles. The third-order valence-corrected chi connectivity index (χ3v) is 8.45. The van der Waals surface area contributed by atoms with Gasteiger partial charge in [0.05, 0.1) is 10.4 Å². The summed E-state index contributed by atoms with van der Waals surface area (Å²) in [5.41, 5.74) is 0.665. The number of carbonyl (C=O) groups is 2. The van der Waals surface area contributed by atoms with Crippen LogP contribution in [0.1, 0.15) is 36.5 Å². The van der Waals surface area contributed by atoms with E-state index in [1.807, 2.05) is 47.5 Å².